The smallest absolute Gasteiger partial charge is 0.226 e. The van der Waals surface area contributed by atoms with Gasteiger partial charge in [0.15, 0.2) is 0 Å². The summed E-state index contributed by atoms with van der Waals surface area (Å²) in [5, 5.41) is 8.43. The molecule has 3 aromatic carbocycles. The van der Waals surface area contributed by atoms with E-state index in [0.29, 0.717) is 18.4 Å². The lowest BCUT2D eigenvalue weighted by molar-refractivity contribution is -0.121. The molecule has 230 valence electrons. The first-order valence-corrected chi connectivity index (χ1v) is 15.7. The van der Waals surface area contributed by atoms with Crippen LogP contribution in [0.5, 0.6) is 5.88 Å². The van der Waals surface area contributed by atoms with Gasteiger partial charge >= 0.3 is 0 Å². The molecule has 0 unspecified atom stereocenters. The van der Waals surface area contributed by atoms with Gasteiger partial charge in [-0.2, -0.15) is 5.10 Å². The third-order valence-corrected chi connectivity index (χ3v) is 8.78. The van der Waals surface area contributed by atoms with E-state index < -0.39 is 0 Å². The number of methoxy groups -OCH3 is 1. The SMILES string of the molecule is COCC[C@@H]1C[C@@H](NC(=O)Cc2c(C)c(-c3ccc(OCc4ccccc4)nc3)nn2-c2ccccc2)[C@H](c2ccccc2)C1. The highest BCUT2D eigenvalue weighted by Crippen LogP contribution is 2.40. The Morgan fingerprint density at radius 2 is 1.62 bits per heavy atom. The van der Waals surface area contributed by atoms with Gasteiger partial charge in [-0.25, -0.2) is 9.67 Å². The number of benzene rings is 3. The lowest BCUT2D eigenvalue weighted by Gasteiger charge is -2.21. The van der Waals surface area contributed by atoms with Crippen LogP contribution in [-0.4, -0.2) is 40.4 Å². The second-order valence-electron chi connectivity index (χ2n) is 11.8. The molecule has 45 heavy (non-hydrogen) atoms. The van der Waals surface area contributed by atoms with Crippen LogP contribution in [-0.2, 0) is 22.6 Å². The lowest BCUT2D eigenvalue weighted by Crippen LogP contribution is -2.38. The average Bonchev–Trinajstić information content (AvgIpc) is 3.64. The second-order valence-corrected chi connectivity index (χ2v) is 11.8. The highest BCUT2D eigenvalue weighted by molar-refractivity contribution is 5.80. The molecule has 1 fully saturated rings. The van der Waals surface area contributed by atoms with E-state index in [4.69, 9.17) is 14.6 Å². The zero-order valence-corrected chi connectivity index (χ0v) is 25.9. The third kappa shape index (κ3) is 7.32. The molecule has 1 saturated carbocycles. The first-order chi connectivity index (χ1) is 22.1. The predicted molar refractivity (Wildman–Crippen MR) is 176 cm³/mol. The molecule has 6 rings (SSSR count). The minimum atomic E-state index is 0.00263. The molecule has 7 heteroatoms. The summed E-state index contributed by atoms with van der Waals surface area (Å²) in [6.07, 6.45) is 5.00. The first kappa shape index (κ1) is 30.3. The number of hydrogen-bond acceptors (Lipinski definition) is 5. The zero-order valence-electron chi connectivity index (χ0n) is 25.9. The van der Waals surface area contributed by atoms with Crippen molar-refractivity contribution in [1.82, 2.24) is 20.1 Å². The molecule has 1 N–H and O–H groups in total. The fourth-order valence-electron chi connectivity index (χ4n) is 6.43. The van der Waals surface area contributed by atoms with Crippen LogP contribution in [0.15, 0.2) is 109 Å². The van der Waals surface area contributed by atoms with Crippen molar-refractivity contribution in [3.63, 3.8) is 0 Å². The van der Waals surface area contributed by atoms with Crippen LogP contribution in [0.3, 0.4) is 0 Å². The molecule has 0 spiro atoms. The van der Waals surface area contributed by atoms with E-state index in [1.165, 1.54) is 5.56 Å². The molecule has 0 radical (unpaired) electrons. The largest absolute Gasteiger partial charge is 0.473 e. The Morgan fingerprint density at radius 3 is 2.31 bits per heavy atom. The van der Waals surface area contributed by atoms with Crippen molar-refractivity contribution < 1.29 is 14.3 Å². The molecule has 0 aliphatic heterocycles. The second kappa shape index (κ2) is 14.4. The number of carbonyl (C=O) groups is 1. The monoisotopic (exact) mass is 600 g/mol. The number of nitrogens with one attached hydrogen (secondary N) is 1. The molecule has 1 aliphatic carbocycles. The fourth-order valence-corrected chi connectivity index (χ4v) is 6.43. The van der Waals surface area contributed by atoms with Crippen molar-refractivity contribution >= 4 is 5.91 Å². The number of carbonyl (C=O) groups excluding carboxylic acids is 1. The van der Waals surface area contributed by atoms with Gasteiger partial charge in [0.1, 0.15) is 6.61 Å². The quantitative estimate of drug-likeness (QED) is 0.166. The van der Waals surface area contributed by atoms with E-state index in [9.17, 15) is 4.79 Å². The molecule has 2 heterocycles. The van der Waals surface area contributed by atoms with Crippen LogP contribution in [0.25, 0.3) is 16.9 Å². The van der Waals surface area contributed by atoms with Crippen molar-refractivity contribution in [3.8, 4) is 22.8 Å². The summed E-state index contributed by atoms with van der Waals surface area (Å²) in [7, 11) is 1.75. The van der Waals surface area contributed by atoms with Crippen molar-refractivity contribution in [2.75, 3.05) is 13.7 Å². The van der Waals surface area contributed by atoms with Crippen LogP contribution >= 0.6 is 0 Å². The topological polar surface area (TPSA) is 78.3 Å². The van der Waals surface area contributed by atoms with Gasteiger partial charge in [0.05, 0.1) is 23.5 Å². The number of nitrogens with zero attached hydrogens (tertiary/aromatic N) is 3. The molecule has 0 bridgehead atoms. The van der Waals surface area contributed by atoms with Crippen LogP contribution in [0, 0.1) is 12.8 Å². The minimum absolute atomic E-state index is 0.00263. The Hall–Kier alpha value is -4.75. The first-order valence-electron chi connectivity index (χ1n) is 15.7. The van der Waals surface area contributed by atoms with Gasteiger partial charge < -0.3 is 14.8 Å². The number of hydrogen-bond donors (Lipinski definition) is 1. The minimum Gasteiger partial charge on any atom is -0.473 e. The molecule has 1 aliphatic rings. The number of aromatic nitrogens is 3. The number of pyridine rings is 1. The third-order valence-electron chi connectivity index (χ3n) is 8.78. The highest BCUT2D eigenvalue weighted by atomic mass is 16.5. The van der Waals surface area contributed by atoms with Gasteiger partial charge in [0, 0.05) is 43.5 Å². The summed E-state index contributed by atoms with van der Waals surface area (Å²) in [6, 6.07) is 34.5. The molecule has 0 saturated heterocycles. The Bertz CT molecular complexity index is 1670. The molecular weight excluding hydrogens is 560 g/mol. The maximum Gasteiger partial charge on any atom is 0.226 e. The van der Waals surface area contributed by atoms with Gasteiger partial charge in [-0.05, 0) is 67.0 Å². The van der Waals surface area contributed by atoms with Crippen LogP contribution in [0.1, 0.15) is 47.6 Å². The van der Waals surface area contributed by atoms with Crippen molar-refractivity contribution in [1.29, 1.82) is 0 Å². The van der Waals surface area contributed by atoms with E-state index in [0.717, 1.165) is 59.6 Å². The maximum absolute atomic E-state index is 13.8. The number of rotatable bonds is 12. The highest BCUT2D eigenvalue weighted by Gasteiger charge is 2.36. The summed E-state index contributed by atoms with van der Waals surface area (Å²) in [5.74, 6) is 1.34. The predicted octanol–water partition coefficient (Wildman–Crippen LogP) is 7.08. The van der Waals surface area contributed by atoms with Gasteiger partial charge in [0.2, 0.25) is 11.8 Å². The Morgan fingerprint density at radius 1 is 0.911 bits per heavy atom. The standard InChI is InChI=1S/C38H40N4O3/c1-27-35(24-36(43)40-34-23-29(20-21-44-2)22-33(34)30-14-8-4-9-15-30)42(32-16-10-5-11-17-32)41-38(27)31-18-19-37(39-25-31)45-26-28-12-6-3-7-13-28/h3-19,25,29,33-34H,20-24,26H2,1-2H3,(H,40,43)/t29-,33-,34+/m0/s1. The van der Waals surface area contributed by atoms with Gasteiger partial charge in [0.25, 0.3) is 0 Å². The van der Waals surface area contributed by atoms with E-state index in [2.05, 4.69) is 34.6 Å². The number of amides is 1. The van der Waals surface area contributed by atoms with E-state index in [1.54, 1.807) is 13.3 Å². The Labute approximate surface area is 265 Å². The summed E-state index contributed by atoms with van der Waals surface area (Å²) >= 11 is 0. The van der Waals surface area contributed by atoms with Gasteiger partial charge in [-0.3, -0.25) is 4.79 Å². The fraction of sp³-hybridized carbons (Fsp3) is 0.289. The lowest BCUT2D eigenvalue weighted by atomic mass is 9.93. The van der Waals surface area contributed by atoms with Gasteiger partial charge in [-0.1, -0.05) is 78.9 Å². The summed E-state index contributed by atoms with van der Waals surface area (Å²) in [4.78, 5) is 18.3. The Balaban J connectivity index is 1.22. The van der Waals surface area contributed by atoms with Crippen molar-refractivity contribution in [3.05, 3.63) is 132 Å². The summed E-state index contributed by atoms with van der Waals surface area (Å²) in [6.45, 7) is 3.22. The maximum atomic E-state index is 13.8. The van der Waals surface area contributed by atoms with E-state index >= 15 is 0 Å². The van der Waals surface area contributed by atoms with E-state index in [-0.39, 0.29) is 24.3 Å². The molecule has 5 aromatic rings. The Kier molecular flexibility index (Phi) is 9.66. The number of para-hydroxylation sites is 1. The van der Waals surface area contributed by atoms with Crippen LogP contribution < -0.4 is 10.1 Å². The van der Waals surface area contributed by atoms with Gasteiger partial charge in [-0.15, -0.1) is 0 Å². The molecule has 2 aromatic heterocycles. The van der Waals surface area contributed by atoms with E-state index in [1.807, 2.05) is 90.5 Å². The normalized spacial score (nSPS) is 17.7. The van der Waals surface area contributed by atoms with Crippen molar-refractivity contribution in [2.45, 2.75) is 51.2 Å². The molecule has 1 amide bonds. The van der Waals surface area contributed by atoms with Crippen LogP contribution in [0.4, 0.5) is 0 Å². The zero-order chi connectivity index (χ0) is 31.0. The number of ether oxygens (including phenoxy) is 2. The van der Waals surface area contributed by atoms with Crippen LogP contribution in [0.2, 0.25) is 0 Å². The summed E-state index contributed by atoms with van der Waals surface area (Å²) in [5.41, 5.74) is 6.76. The molecule has 3 atom stereocenters. The molecule has 7 nitrogen and oxygen atoms in total. The molecular formula is C38H40N4O3. The summed E-state index contributed by atoms with van der Waals surface area (Å²) < 4.78 is 13.2. The van der Waals surface area contributed by atoms with Crippen molar-refractivity contribution in [2.24, 2.45) is 5.92 Å². The average molecular weight is 601 g/mol.